The molecule has 0 aliphatic rings. The van der Waals surface area contributed by atoms with Crippen LogP contribution < -0.4 is 15.2 Å². The number of ether oxygens (including phenoxy) is 1. The summed E-state index contributed by atoms with van der Waals surface area (Å²) in [5, 5.41) is 13.6. The molecule has 0 spiro atoms. The molecule has 0 heterocycles. The van der Waals surface area contributed by atoms with Crippen molar-refractivity contribution >= 4 is 11.9 Å². The van der Waals surface area contributed by atoms with Crippen molar-refractivity contribution in [3.8, 4) is 5.75 Å². The summed E-state index contributed by atoms with van der Waals surface area (Å²) in [5.74, 6) is -0.835. The van der Waals surface area contributed by atoms with E-state index in [9.17, 15) is 14.7 Å². The van der Waals surface area contributed by atoms with Crippen LogP contribution >= 0.6 is 0 Å². The quantitative estimate of drug-likeness (QED) is 0.705. The van der Waals surface area contributed by atoms with Gasteiger partial charge in [0.2, 0.25) is 0 Å². The fraction of sp³-hybridized carbons (Fsp3) is 0.529. The first-order valence-electron chi connectivity index (χ1n) is 7.68. The Hall–Kier alpha value is -2.04. The van der Waals surface area contributed by atoms with Crippen LogP contribution in [0.15, 0.2) is 24.3 Å². The van der Waals surface area contributed by atoms with E-state index in [1.807, 2.05) is 13.8 Å². The lowest BCUT2D eigenvalue weighted by molar-refractivity contribution is -0.308. The van der Waals surface area contributed by atoms with Gasteiger partial charge in [0.05, 0.1) is 18.6 Å². The number of nitrogens with one attached hydrogen (secondary N) is 1. The Morgan fingerprint density at radius 3 is 2.36 bits per heavy atom. The monoisotopic (exact) mass is 306 g/mol. The van der Waals surface area contributed by atoms with Crippen LogP contribution in [-0.4, -0.2) is 24.5 Å². The summed E-state index contributed by atoms with van der Waals surface area (Å²) in [7, 11) is 0. The minimum atomic E-state index is -1.26. The minimum Gasteiger partial charge on any atom is -0.548 e. The number of aliphatic carboxylic acids is 1. The van der Waals surface area contributed by atoms with E-state index in [1.54, 1.807) is 24.3 Å². The van der Waals surface area contributed by atoms with E-state index in [4.69, 9.17) is 4.74 Å². The van der Waals surface area contributed by atoms with Crippen molar-refractivity contribution in [2.45, 2.75) is 46.1 Å². The third-order valence-corrected chi connectivity index (χ3v) is 3.18. The predicted octanol–water partition coefficient (Wildman–Crippen LogP) is 1.76. The smallest absolute Gasteiger partial charge is 0.251 e. The number of hydrogen-bond donors (Lipinski definition) is 1. The second-order valence-electron chi connectivity index (χ2n) is 5.70. The molecule has 1 atom stereocenters. The first-order chi connectivity index (χ1) is 10.4. The Kier molecular flexibility index (Phi) is 7.43. The first-order valence-corrected chi connectivity index (χ1v) is 7.68. The molecule has 0 aromatic heterocycles. The molecule has 1 aromatic carbocycles. The van der Waals surface area contributed by atoms with Gasteiger partial charge < -0.3 is 20.0 Å². The van der Waals surface area contributed by atoms with Crippen molar-refractivity contribution < 1.29 is 19.4 Å². The van der Waals surface area contributed by atoms with Crippen LogP contribution in [0, 0.1) is 5.92 Å². The van der Waals surface area contributed by atoms with Crippen LogP contribution in [0.25, 0.3) is 0 Å². The molecule has 1 aromatic rings. The molecule has 5 nitrogen and oxygen atoms in total. The Morgan fingerprint density at radius 2 is 1.86 bits per heavy atom. The van der Waals surface area contributed by atoms with Gasteiger partial charge >= 0.3 is 0 Å². The zero-order valence-corrected chi connectivity index (χ0v) is 13.4. The molecule has 122 valence electrons. The summed E-state index contributed by atoms with van der Waals surface area (Å²) < 4.78 is 5.52. The summed E-state index contributed by atoms with van der Waals surface area (Å²) >= 11 is 0. The van der Waals surface area contributed by atoms with Gasteiger partial charge in [-0.1, -0.05) is 27.2 Å². The third kappa shape index (κ3) is 6.16. The van der Waals surface area contributed by atoms with Crippen molar-refractivity contribution in [1.29, 1.82) is 0 Å². The number of amides is 1. The first kappa shape index (κ1) is 18.0. The summed E-state index contributed by atoms with van der Waals surface area (Å²) in [6.07, 6.45) is 2.37. The molecular weight excluding hydrogens is 282 g/mol. The van der Waals surface area contributed by atoms with E-state index in [2.05, 4.69) is 12.2 Å². The van der Waals surface area contributed by atoms with E-state index in [0.717, 1.165) is 12.8 Å². The van der Waals surface area contributed by atoms with Crippen LogP contribution in [0.5, 0.6) is 5.75 Å². The van der Waals surface area contributed by atoms with E-state index in [-0.39, 0.29) is 5.92 Å². The number of carboxylic acid groups (broad SMARTS) is 1. The molecule has 0 bridgehead atoms. The largest absolute Gasteiger partial charge is 0.548 e. The molecule has 0 saturated carbocycles. The Bertz CT molecular complexity index is 482. The van der Waals surface area contributed by atoms with E-state index in [0.29, 0.717) is 24.3 Å². The number of hydrogen-bond acceptors (Lipinski definition) is 4. The Morgan fingerprint density at radius 1 is 1.23 bits per heavy atom. The van der Waals surface area contributed by atoms with Gasteiger partial charge in [-0.2, -0.15) is 0 Å². The third-order valence-electron chi connectivity index (χ3n) is 3.18. The fourth-order valence-electron chi connectivity index (χ4n) is 1.96. The lowest BCUT2D eigenvalue weighted by Gasteiger charge is -2.21. The van der Waals surface area contributed by atoms with E-state index < -0.39 is 17.9 Å². The molecule has 22 heavy (non-hydrogen) atoms. The molecule has 1 rings (SSSR count). The van der Waals surface area contributed by atoms with Gasteiger partial charge in [-0.05, 0) is 43.0 Å². The molecule has 0 radical (unpaired) electrons. The van der Waals surface area contributed by atoms with Crippen molar-refractivity contribution in [2.24, 2.45) is 5.92 Å². The average Bonchev–Trinajstić information content (AvgIpc) is 2.47. The molecule has 0 unspecified atom stereocenters. The number of carbonyl (C=O) groups excluding carboxylic acids is 2. The molecular formula is C17H24NO4-. The van der Waals surface area contributed by atoms with Crippen molar-refractivity contribution in [3.05, 3.63) is 29.8 Å². The second-order valence-corrected chi connectivity index (χ2v) is 5.70. The van der Waals surface area contributed by atoms with Crippen molar-refractivity contribution in [1.82, 2.24) is 5.32 Å². The standard InChI is InChI=1S/C17H25NO4/c1-4-5-10-22-14-8-6-13(7-9-14)16(19)18-15(17(20)21)11-12(2)3/h6-9,12,15H,4-5,10-11H2,1-3H3,(H,18,19)(H,20,21)/p-1/t15-/m1/s1. The molecule has 5 heteroatoms. The van der Waals surface area contributed by atoms with Gasteiger partial charge in [0.15, 0.2) is 0 Å². The maximum Gasteiger partial charge on any atom is 0.251 e. The molecule has 0 saturated heterocycles. The highest BCUT2D eigenvalue weighted by Crippen LogP contribution is 2.13. The number of unbranched alkanes of at least 4 members (excludes halogenated alkanes) is 1. The van der Waals surface area contributed by atoms with Gasteiger partial charge in [0.25, 0.3) is 5.91 Å². The summed E-state index contributed by atoms with van der Waals surface area (Å²) in [5.41, 5.74) is 0.401. The summed E-state index contributed by atoms with van der Waals surface area (Å²) in [6.45, 7) is 6.51. The lowest BCUT2D eigenvalue weighted by Crippen LogP contribution is -2.48. The van der Waals surface area contributed by atoms with Gasteiger partial charge in [-0.25, -0.2) is 0 Å². The second kappa shape index (κ2) is 9.07. The minimum absolute atomic E-state index is 0.151. The molecule has 1 N–H and O–H groups in total. The fourth-order valence-corrected chi connectivity index (χ4v) is 1.96. The highest BCUT2D eigenvalue weighted by atomic mass is 16.5. The molecule has 0 aliphatic heterocycles. The Balaban J connectivity index is 2.62. The summed E-state index contributed by atoms with van der Waals surface area (Å²) in [4.78, 5) is 23.1. The highest BCUT2D eigenvalue weighted by Gasteiger charge is 2.16. The highest BCUT2D eigenvalue weighted by molar-refractivity contribution is 5.96. The number of carboxylic acids is 1. The Labute approximate surface area is 131 Å². The zero-order chi connectivity index (χ0) is 16.5. The number of rotatable bonds is 9. The molecule has 0 fully saturated rings. The van der Waals surface area contributed by atoms with Gasteiger partial charge in [-0.3, -0.25) is 4.79 Å². The number of benzene rings is 1. The van der Waals surface area contributed by atoms with Gasteiger partial charge in [-0.15, -0.1) is 0 Å². The van der Waals surface area contributed by atoms with Crippen LogP contribution in [0.2, 0.25) is 0 Å². The zero-order valence-electron chi connectivity index (χ0n) is 13.4. The van der Waals surface area contributed by atoms with Crippen molar-refractivity contribution in [2.75, 3.05) is 6.61 Å². The molecule has 1 amide bonds. The van der Waals surface area contributed by atoms with Gasteiger partial charge in [0.1, 0.15) is 5.75 Å². The van der Waals surface area contributed by atoms with E-state index in [1.165, 1.54) is 0 Å². The topological polar surface area (TPSA) is 78.5 Å². The predicted molar refractivity (Wildman–Crippen MR) is 82.6 cm³/mol. The van der Waals surface area contributed by atoms with Gasteiger partial charge in [0, 0.05) is 5.56 Å². The van der Waals surface area contributed by atoms with Crippen LogP contribution in [0.1, 0.15) is 50.4 Å². The molecule has 0 aliphatic carbocycles. The summed E-state index contributed by atoms with van der Waals surface area (Å²) in [6, 6.07) is 5.69. The van der Waals surface area contributed by atoms with Crippen LogP contribution in [0.3, 0.4) is 0 Å². The normalized spacial score (nSPS) is 12.0. The van der Waals surface area contributed by atoms with Crippen LogP contribution in [-0.2, 0) is 4.79 Å². The van der Waals surface area contributed by atoms with Crippen molar-refractivity contribution in [3.63, 3.8) is 0 Å². The van der Waals surface area contributed by atoms with Crippen LogP contribution in [0.4, 0.5) is 0 Å². The maximum absolute atomic E-state index is 12.1. The number of carbonyl (C=O) groups is 2. The average molecular weight is 306 g/mol. The lowest BCUT2D eigenvalue weighted by atomic mass is 10.0. The van der Waals surface area contributed by atoms with E-state index >= 15 is 0 Å². The maximum atomic E-state index is 12.1. The SMILES string of the molecule is CCCCOc1ccc(C(=O)N[C@H](CC(C)C)C(=O)[O-])cc1.